The van der Waals surface area contributed by atoms with Crippen molar-refractivity contribution < 1.29 is 15.0 Å². The maximum atomic E-state index is 11.7. The fraction of sp³-hybridized carbons (Fsp3) is 0.842. The minimum absolute atomic E-state index is 0.0493. The topological polar surface area (TPSA) is 57.5 Å². The van der Waals surface area contributed by atoms with Gasteiger partial charge >= 0.3 is 0 Å². The van der Waals surface area contributed by atoms with Crippen molar-refractivity contribution in [3.05, 3.63) is 11.6 Å². The molecule has 2 N–H and O–H groups in total. The molecule has 0 aromatic carbocycles. The fourth-order valence-electron chi connectivity index (χ4n) is 6.67. The van der Waals surface area contributed by atoms with E-state index in [1.54, 1.807) is 0 Å². The van der Waals surface area contributed by atoms with Crippen LogP contribution in [0.1, 0.15) is 58.3 Å². The number of aliphatic hydroxyl groups excluding tert-OH is 2. The second kappa shape index (κ2) is 5.17. The molecule has 0 aliphatic heterocycles. The molecule has 3 nitrogen and oxygen atoms in total. The summed E-state index contributed by atoms with van der Waals surface area (Å²) in [6, 6.07) is 0. The zero-order chi connectivity index (χ0) is 15.5. The van der Waals surface area contributed by atoms with Crippen LogP contribution in [0.4, 0.5) is 0 Å². The highest BCUT2D eigenvalue weighted by atomic mass is 16.3. The molecular formula is C19H28O3. The van der Waals surface area contributed by atoms with Crippen LogP contribution in [0.15, 0.2) is 11.6 Å². The van der Waals surface area contributed by atoms with E-state index in [1.807, 2.05) is 6.08 Å². The molecule has 3 saturated carbocycles. The maximum absolute atomic E-state index is 11.7. The van der Waals surface area contributed by atoms with Crippen molar-refractivity contribution in [3.63, 3.8) is 0 Å². The van der Waals surface area contributed by atoms with E-state index in [-0.39, 0.29) is 23.4 Å². The Morgan fingerprint density at radius 1 is 1.18 bits per heavy atom. The number of carbonyl (C=O) groups is 1. The third kappa shape index (κ3) is 1.91. The zero-order valence-electron chi connectivity index (χ0n) is 13.5. The maximum Gasteiger partial charge on any atom is 0.155 e. The summed E-state index contributed by atoms with van der Waals surface area (Å²) in [5, 5.41) is 21.5. The molecule has 122 valence electrons. The highest BCUT2D eigenvalue weighted by Gasteiger charge is 2.60. The van der Waals surface area contributed by atoms with Gasteiger partial charge in [0.1, 0.15) is 0 Å². The molecule has 4 aliphatic rings. The van der Waals surface area contributed by atoms with E-state index < -0.39 is 0 Å². The van der Waals surface area contributed by atoms with E-state index in [2.05, 4.69) is 6.92 Å². The molecule has 3 heteroatoms. The van der Waals surface area contributed by atoms with Crippen LogP contribution >= 0.6 is 0 Å². The molecule has 4 unspecified atom stereocenters. The lowest BCUT2D eigenvalue weighted by molar-refractivity contribution is -0.131. The van der Waals surface area contributed by atoms with Gasteiger partial charge in [-0.3, -0.25) is 4.79 Å². The lowest BCUT2D eigenvalue weighted by atomic mass is 9.50. The molecule has 0 amide bonds. The van der Waals surface area contributed by atoms with Gasteiger partial charge in [0.2, 0.25) is 0 Å². The van der Waals surface area contributed by atoms with E-state index in [9.17, 15) is 15.0 Å². The van der Waals surface area contributed by atoms with Crippen molar-refractivity contribution in [1.29, 1.82) is 0 Å². The Morgan fingerprint density at radius 3 is 2.77 bits per heavy atom. The lowest BCUT2D eigenvalue weighted by Gasteiger charge is -2.56. The third-order valence-corrected chi connectivity index (χ3v) is 7.61. The Hall–Kier alpha value is -0.670. The number of ketones is 1. The van der Waals surface area contributed by atoms with E-state index in [0.717, 1.165) is 44.9 Å². The Bertz CT molecular complexity index is 511. The van der Waals surface area contributed by atoms with E-state index in [1.165, 1.54) is 5.57 Å². The Balaban J connectivity index is 1.69. The molecule has 0 aromatic heterocycles. The largest absolute Gasteiger partial charge is 0.393 e. The van der Waals surface area contributed by atoms with Crippen LogP contribution < -0.4 is 0 Å². The molecule has 7 atom stereocenters. The molecule has 0 saturated heterocycles. The van der Waals surface area contributed by atoms with Crippen molar-refractivity contribution in [1.82, 2.24) is 0 Å². The first-order valence-electron chi connectivity index (χ1n) is 9.16. The van der Waals surface area contributed by atoms with Crippen molar-refractivity contribution in [3.8, 4) is 0 Å². The number of hydrogen-bond donors (Lipinski definition) is 2. The van der Waals surface area contributed by atoms with E-state index in [4.69, 9.17) is 0 Å². The van der Waals surface area contributed by atoms with Gasteiger partial charge in [-0.25, -0.2) is 0 Å². The molecule has 0 spiro atoms. The normalized spacial score (nSPS) is 50.9. The summed E-state index contributed by atoms with van der Waals surface area (Å²) < 4.78 is 0. The van der Waals surface area contributed by atoms with Crippen LogP contribution in [0.3, 0.4) is 0 Å². The van der Waals surface area contributed by atoms with Crippen LogP contribution in [0.25, 0.3) is 0 Å². The van der Waals surface area contributed by atoms with Crippen molar-refractivity contribution in [2.24, 2.45) is 29.1 Å². The van der Waals surface area contributed by atoms with Crippen molar-refractivity contribution in [2.45, 2.75) is 70.5 Å². The molecule has 0 heterocycles. The standard InChI is InChI=1S/C19H28O3/c1-2-19-10-16(21)18-13-6-4-12(20)9-11(13)3-5-14(18)15(19)7-8-17(19)22/h9,13-18,21-22H,2-8,10H2,1H3/t13?,14?,15?,16-,17-,18?,19-/m0/s1. The zero-order valence-corrected chi connectivity index (χ0v) is 13.5. The summed E-state index contributed by atoms with van der Waals surface area (Å²) in [5.74, 6) is 2.12. The molecule has 0 bridgehead atoms. The van der Waals surface area contributed by atoms with Crippen molar-refractivity contribution in [2.75, 3.05) is 0 Å². The first-order valence-corrected chi connectivity index (χ1v) is 9.16. The summed E-state index contributed by atoms with van der Waals surface area (Å²) in [7, 11) is 0. The summed E-state index contributed by atoms with van der Waals surface area (Å²) in [6.07, 6.45) is 8.79. The minimum Gasteiger partial charge on any atom is -0.393 e. The lowest BCUT2D eigenvalue weighted by Crippen LogP contribution is -2.54. The fourth-order valence-corrected chi connectivity index (χ4v) is 6.67. The van der Waals surface area contributed by atoms with Crippen LogP contribution in [0.2, 0.25) is 0 Å². The van der Waals surface area contributed by atoms with Crippen LogP contribution in [-0.4, -0.2) is 28.2 Å². The quantitative estimate of drug-likeness (QED) is 0.783. The highest BCUT2D eigenvalue weighted by Crippen LogP contribution is 2.63. The van der Waals surface area contributed by atoms with Gasteiger partial charge in [0.25, 0.3) is 0 Å². The molecule has 3 fully saturated rings. The molecule has 22 heavy (non-hydrogen) atoms. The SMILES string of the molecule is CC[C@]12C[C@H](O)C3C4CCC(=O)C=C4CCC3C1CC[C@@H]2O. The second-order valence-corrected chi connectivity index (χ2v) is 8.17. The van der Waals surface area contributed by atoms with Gasteiger partial charge in [-0.1, -0.05) is 12.5 Å². The number of allylic oxidation sites excluding steroid dienone is 1. The van der Waals surface area contributed by atoms with Gasteiger partial charge in [-0.15, -0.1) is 0 Å². The third-order valence-electron chi connectivity index (χ3n) is 7.61. The van der Waals surface area contributed by atoms with Crippen LogP contribution in [0.5, 0.6) is 0 Å². The van der Waals surface area contributed by atoms with E-state index >= 15 is 0 Å². The molecule has 0 radical (unpaired) electrons. The average molecular weight is 304 g/mol. The van der Waals surface area contributed by atoms with Gasteiger partial charge in [0.15, 0.2) is 5.78 Å². The van der Waals surface area contributed by atoms with Gasteiger partial charge in [-0.05, 0) is 74.7 Å². The number of rotatable bonds is 1. The first kappa shape index (κ1) is 14.9. The average Bonchev–Trinajstić information content (AvgIpc) is 2.84. The molecular weight excluding hydrogens is 276 g/mol. The predicted molar refractivity (Wildman–Crippen MR) is 84.1 cm³/mol. The second-order valence-electron chi connectivity index (χ2n) is 8.17. The Kier molecular flexibility index (Phi) is 3.50. The van der Waals surface area contributed by atoms with Gasteiger partial charge in [0, 0.05) is 11.8 Å². The number of hydrogen-bond acceptors (Lipinski definition) is 3. The highest BCUT2D eigenvalue weighted by molar-refractivity contribution is 5.91. The number of aliphatic hydroxyl groups is 2. The minimum atomic E-state index is -0.309. The molecule has 0 aromatic rings. The monoisotopic (exact) mass is 304 g/mol. The molecule has 4 rings (SSSR count). The molecule has 4 aliphatic carbocycles. The van der Waals surface area contributed by atoms with Gasteiger partial charge < -0.3 is 10.2 Å². The first-order chi connectivity index (χ1) is 10.6. The smallest absolute Gasteiger partial charge is 0.155 e. The summed E-state index contributed by atoms with van der Waals surface area (Å²) >= 11 is 0. The van der Waals surface area contributed by atoms with Gasteiger partial charge in [-0.2, -0.15) is 0 Å². The van der Waals surface area contributed by atoms with E-state index in [0.29, 0.717) is 30.1 Å². The summed E-state index contributed by atoms with van der Waals surface area (Å²) in [5.41, 5.74) is 1.26. The Morgan fingerprint density at radius 2 is 2.00 bits per heavy atom. The number of carbonyl (C=O) groups excluding carboxylic acids is 1. The summed E-state index contributed by atoms with van der Waals surface area (Å²) in [6.45, 7) is 2.18. The van der Waals surface area contributed by atoms with Crippen LogP contribution in [-0.2, 0) is 4.79 Å². The van der Waals surface area contributed by atoms with Gasteiger partial charge in [0.05, 0.1) is 12.2 Å². The van der Waals surface area contributed by atoms with Crippen molar-refractivity contribution >= 4 is 5.78 Å². The Labute approximate surface area is 132 Å². The number of fused-ring (bicyclic) bond motifs is 5. The summed E-state index contributed by atoms with van der Waals surface area (Å²) in [4.78, 5) is 11.7. The predicted octanol–water partition coefficient (Wildman–Crippen LogP) is 2.85. The van der Waals surface area contributed by atoms with Crippen LogP contribution in [0, 0.1) is 29.1 Å².